The van der Waals surface area contributed by atoms with Gasteiger partial charge in [-0.05, 0) is 11.1 Å². The predicted octanol–water partition coefficient (Wildman–Crippen LogP) is 4.45. The van der Waals surface area contributed by atoms with Crippen molar-refractivity contribution in [3.8, 4) is 17.8 Å². The van der Waals surface area contributed by atoms with E-state index in [0.29, 0.717) is 32.7 Å². The number of alkyl halides is 3. The van der Waals surface area contributed by atoms with Crippen LogP contribution in [0.15, 0.2) is 60.7 Å². The van der Waals surface area contributed by atoms with Crippen LogP contribution in [0.5, 0.6) is 17.8 Å². The van der Waals surface area contributed by atoms with Gasteiger partial charge in [-0.25, -0.2) is 0 Å². The highest BCUT2D eigenvalue weighted by Gasteiger charge is 2.43. The Kier molecular flexibility index (Phi) is 13.9. The van der Waals surface area contributed by atoms with E-state index in [1.165, 1.54) is 21.3 Å². The molecule has 0 N–H and O–H groups in total. The van der Waals surface area contributed by atoms with E-state index in [9.17, 15) is 18.0 Å². The van der Waals surface area contributed by atoms with Gasteiger partial charge in [0.2, 0.25) is 17.7 Å². The minimum Gasteiger partial charge on any atom is -0.481 e. The number of amides is 1. The summed E-state index contributed by atoms with van der Waals surface area (Å²) in [5, 5.41) is 0. The SMILES string of the molecule is COCC(=O)N1CCN2C(C(c3ccccc3)c3ccccc3)CN(Cc3c(OC)nc(OC)nc3OCC(F)(F)F)C[C@@H]2C1.Cl.Cl. The fourth-order valence-corrected chi connectivity index (χ4v) is 6.35. The molecule has 5 rings (SSSR count). The Balaban J connectivity index is 0.00000300. The molecular weight excluding hydrogens is 662 g/mol. The van der Waals surface area contributed by atoms with Crippen molar-refractivity contribution in [2.75, 3.05) is 67.3 Å². The third-order valence-electron chi connectivity index (χ3n) is 8.23. The molecule has 1 unspecified atom stereocenters. The van der Waals surface area contributed by atoms with E-state index >= 15 is 0 Å². The van der Waals surface area contributed by atoms with Crippen LogP contribution in [-0.4, -0.2) is 116 Å². The molecule has 3 heterocycles. The molecule has 2 atom stereocenters. The number of ether oxygens (including phenoxy) is 4. The molecule has 3 aromatic rings. The summed E-state index contributed by atoms with van der Waals surface area (Å²) in [5.41, 5.74) is 2.58. The van der Waals surface area contributed by atoms with Crippen LogP contribution in [0, 0.1) is 0 Å². The van der Waals surface area contributed by atoms with Gasteiger partial charge in [-0.15, -0.1) is 24.8 Å². The first-order valence-corrected chi connectivity index (χ1v) is 14.7. The molecule has 258 valence electrons. The lowest BCUT2D eigenvalue weighted by Crippen LogP contribution is -2.67. The molecule has 2 saturated heterocycles. The maximum Gasteiger partial charge on any atom is 0.422 e. The highest BCUT2D eigenvalue weighted by Crippen LogP contribution is 2.37. The van der Waals surface area contributed by atoms with Gasteiger partial charge >= 0.3 is 12.2 Å². The van der Waals surface area contributed by atoms with Crippen molar-refractivity contribution in [3.05, 3.63) is 77.4 Å². The van der Waals surface area contributed by atoms with Crippen LogP contribution in [-0.2, 0) is 16.1 Å². The molecule has 47 heavy (non-hydrogen) atoms. The topological polar surface area (TPSA) is 89.5 Å². The number of nitrogens with zero attached hydrogens (tertiary/aromatic N) is 5. The fourth-order valence-electron chi connectivity index (χ4n) is 6.35. The molecule has 1 amide bonds. The molecule has 2 aromatic carbocycles. The summed E-state index contributed by atoms with van der Waals surface area (Å²) < 4.78 is 60.6. The van der Waals surface area contributed by atoms with Gasteiger partial charge in [0, 0.05) is 64.4 Å². The number of carbonyl (C=O) groups is 1. The number of carbonyl (C=O) groups excluding carboxylic acids is 1. The normalized spacial score (nSPS) is 18.5. The molecule has 2 fully saturated rings. The van der Waals surface area contributed by atoms with Crippen LogP contribution in [0.4, 0.5) is 13.2 Å². The smallest absolute Gasteiger partial charge is 0.422 e. The van der Waals surface area contributed by atoms with Crippen molar-refractivity contribution in [2.24, 2.45) is 0 Å². The fraction of sp³-hybridized carbons (Fsp3) is 0.469. The van der Waals surface area contributed by atoms with E-state index in [-0.39, 0.29) is 85.2 Å². The number of methoxy groups -OCH3 is 3. The summed E-state index contributed by atoms with van der Waals surface area (Å²) in [6.45, 7) is 1.47. The summed E-state index contributed by atoms with van der Waals surface area (Å²) in [4.78, 5) is 27.7. The first-order chi connectivity index (χ1) is 21.7. The Morgan fingerprint density at radius 2 is 1.49 bits per heavy atom. The van der Waals surface area contributed by atoms with Crippen LogP contribution in [0.3, 0.4) is 0 Å². The number of aromatic nitrogens is 2. The van der Waals surface area contributed by atoms with Gasteiger partial charge in [0.1, 0.15) is 6.61 Å². The second-order valence-electron chi connectivity index (χ2n) is 11.1. The molecular formula is C32H40Cl2F3N5O5. The molecule has 0 saturated carbocycles. The minimum absolute atomic E-state index is 0. The summed E-state index contributed by atoms with van der Waals surface area (Å²) in [6.07, 6.45) is -4.57. The summed E-state index contributed by atoms with van der Waals surface area (Å²) >= 11 is 0. The van der Waals surface area contributed by atoms with Crippen molar-refractivity contribution in [3.63, 3.8) is 0 Å². The quantitative estimate of drug-likeness (QED) is 0.288. The second-order valence-corrected chi connectivity index (χ2v) is 11.1. The number of hydrogen-bond donors (Lipinski definition) is 0. The van der Waals surface area contributed by atoms with Gasteiger partial charge in [0.05, 0.1) is 19.8 Å². The lowest BCUT2D eigenvalue weighted by molar-refractivity contribution is -0.154. The zero-order valence-electron chi connectivity index (χ0n) is 26.4. The van der Waals surface area contributed by atoms with Crippen molar-refractivity contribution in [2.45, 2.75) is 30.7 Å². The maximum absolute atomic E-state index is 13.2. The second kappa shape index (κ2) is 17.2. The third kappa shape index (κ3) is 9.38. The summed E-state index contributed by atoms with van der Waals surface area (Å²) in [7, 11) is 4.21. The van der Waals surface area contributed by atoms with Crippen molar-refractivity contribution >= 4 is 30.7 Å². The number of piperazine rings is 2. The predicted molar refractivity (Wildman–Crippen MR) is 174 cm³/mol. The maximum atomic E-state index is 13.2. The largest absolute Gasteiger partial charge is 0.481 e. The summed E-state index contributed by atoms with van der Waals surface area (Å²) in [6, 6.07) is 20.3. The highest BCUT2D eigenvalue weighted by molar-refractivity contribution is 5.85. The molecule has 10 nitrogen and oxygen atoms in total. The monoisotopic (exact) mass is 701 g/mol. The number of hydrogen-bond acceptors (Lipinski definition) is 9. The zero-order valence-corrected chi connectivity index (χ0v) is 28.0. The third-order valence-corrected chi connectivity index (χ3v) is 8.23. The van der Waals surface area contributed by atoms with E-state index < -0.39 is 12.8 Å². The Bertz CT molecular complexity index is 1390. The molecule has 2 aliphatic heterocycles. The Morgan fingerprint density at radius 1 is 0.872 bits per heavy atom. The minimum atomic E-state index is -4.57. The Labute approximate surface area is 285 Å². The van der Waals surface area contributed by atoms with Gasteiger partial charge in [0.15, 0.2) is 6.61 Å². The van der Waals surface area contributed by atoms with Crippen molar-refractivity contribution in [1.29, 1.82) is 0 Å². The van der Waals surface area contributed by atoms with E-state index in [1.54, 1.807) is 0 Å². The molecule has 0 bridgehead atoms. The number of benzene rings is 2. The van der Waals surface area contributed by atoms with Gasteiger partial charge in [-0.1, -0.05) is 60.7 Å². The first-order valence-electron chi connectivity index (χ1n) is 14.7. The lowest BCUT2D eigenvalue weighted by Gasteiger charge is -2.53. The van der Waals surface area contributed by atoms with Crippen LogP contribution < -0.4 is 14.2 Å². The van der Waals surface area contributed by atoms with Crippen LogP contribution in [0.25, 0.3) is 0 Å². The van der Waals surface area contributed by atoms with Crippen LogP contribution >= 0.6 is 24.8 Å². The number of fused-ring (bicyclic) bond motifs is 1. The highest BCUT2D eigenvalue weighted by atomic mass is 35.5. The van der Waals surface area contributed by atoms with Crippen molar-refractivity contribution in [1.82, 2.24) is 24.7 Å². The number of rotatable bonds is 11. The van der Waals surface area contributed by atoms with Gasteiger partial charge in [0.25, 0.3) is 0 Å². The molecule has 0 radical (unpaired) electrons. The Hall–Kier alpha value is -3.36. The average molecular weight is 703 g/mol. The van der Waals surface area contributed by atoms with E-state index in [1.807, 2.05) is 41.3 Å². The molecule has 2 aliphatic rings. The standard InChI is InChI=1S/C32H38F3N5O5.2ClH/c1-42-20-27(41)39-14-15-40-24(17-39)16-38(18-25-29(43-2)36-31(44-3)37-30(25)45-21-32(33,34)35)19-26(40)28(22-10-6-4-7-11-22)23-12-8-5-9-13-23;;/h4-13,24,26,28H,14-21H2,1-3H3;2*1H/t24-,26?;;/m1../s1. The zero-order chi connectivity index (χ0) is 32.0. The van der Waals surface area contributed by atoms with Gasteiger partial charge in [-0.3, -0.25) is 14.6 Å². The molecule has 15 heteroatoms. The van der Waals surface area contributed by atoms with E-state index in [0.717, 1.165) is 11.1 Å². The molecule has 1 aromatic heterocycles. The van der Waals surface area contributed by atoms with Gasteiger partial charge in [-0.2, -0.15) is 23.1 Å². The molecule has 0 spiro atoms. The lowest BCUT2D eigenvalue weighted by atomic mass is 9.81. The van der Waals surface area contributed by atoms with Crippen LogP contribution in [0.1, 0.15) is 22.6 Å². The average Bonchev–Trinajstić information content (AvgIpc) is 3.04. The van der Waals surface area contributed by atoms with E-state index in [2.05, 4.69) is 44.0 Å². The van der Waals surface area contributed by atoms with Gasteiger partial charge < -0.3 is 23.8 Å². The number of halogens is 5. The summed E-state index contributed by atoms with van der Waals surface area (Å²) in [5.74, 6) is -0.283. The van der Waals surface area contributed by atoms with Crippen molar-refractivity contribution < 1.29 is 36.9 Å². The Morgan fingerprint density at radius 3 is 2.04 bits per heavy atom. The first kappa shape index (κ1) is 38.1. The van der Waals surface area contributed by atoms with E-state index in [4.69, 9.17) is 18.9 Å². The molecule has 0 aliphatic carbocycles. The van der Waals surface area contributed by atoms with Crippen LogP contribution in [0.2, 0.25) is 0 Å².